The number of carboxylic acid groups (broad SMARTS) is 1. The maximum absolute atomic E-state index is 11.6. The van der Waals surface area contributed by atoms with Crippen molar-refractivity contribution in [3.63, 3.8) is 0 Å². The number of fused-ring (bicyclic) bond motifs is 4. The van der Waals surface area contributed by atoms with E-state index in [2.05, 4.69) is 9.88 Å². The van der Waals surface area contributed by atoms with Crippen LogP contribution in [0.3, 0.4) is 0 Å². The Morgan fingerprint density at radius 2 is 1.87 bits per heavy atom. The van der Waals surface area contributed by atoms with Crippen LogP contribution in [0.15, 0.2) is 24.4 Å². The summed E-state index contributed by atoms with van der Waals surface area (Å²) >= 11 is 0. The molecule has 162 valence electrons. The van der Waals surface area contributed by atoms with E-state index in [1.165, 1.54) is 38.6 Å². The molecule has 5 heteroatoms. The highest BCUT2D eigenvalue weighted by Gasteiger charge is 2.51. The molecule has 0 amide bonds. The van der Waals surface area contributed by atoms with Crippen LogP contribution in [0.5, 0.6) is 0 Å². The van der Waals surface area contributed by atoms with Gasteiger partial charge in [-0.15, -0.1) is 0 Å². The number of benzene rings is 1. The largest absolute Gasteiger partial charge is 0.478 e. The van der Waals surface area contributed by atoms with Gasteiger partial charge in [0.1, 0.15) is 0 Å². The van der Waals surface area contributed by atoms with Gasteiger partial charge in [0.2, 0.25) is 0 Å². The normalized spacial score (nSPS) is 31.6. The lowest BCUT2D eigenvalue weighted by atomic mass is 9.75. The van der Waals surface area contributed by atoms with E-state index in [9.17, 15) is 15.0 Å². The van der Waals surface area contributed by atoms with Gasteiger partial charge in [0.05, 0.1) is 11.7 Å². The Hall–Kier alpha value is -1.85. The highest BCUT2D eigenvalue weighted by Crippen LogP contribution is 2.52. The summed E-state index contributed by atoms with van der Waals surface area (Å²) in [6.07, 6.45) is 11.5. The molecule has 3 N–H and O–H groups in total. The Bertz CT molecular complexity index is 907. The average molecular weight is 411 g/mol. The van der Waals surface area contributed by atoms with Crippen molar-refractivity contribution in [2.75, 3.05) is 19.6 Å². The Morgan fingerprint density at radius 3 is 2.70 bits per heavy atom. The first-order valence-corrected chi connectivity index (χ1v) is 11.9. The third-order valence-corrected chi connectivity index (χ3v) is 8.29. The van der Waals surface area contributed by atoms with Crippen LogP contribution in [0.25, 0.3) is 10.9 Å². The zero-order chi connectivity index (χ0) is 20.7. The molecule has 5 nitrogen and oxygen atoms in total. The summed E-state index contributed by atoms with van der Waals surface area (Å²) < 4.78 is 0. The van der Waals surface area contributed by atoms with Crippen LogP contribution < -0.4 is 0 Å². The molecule has 1 saturated heterocycles. The number of nitrogens with zero attached hydrogens (tertiary/aromatic N) is 1. The van der Waals surface area contributed by atoms with Crippen LogP contribution in [0, 0.1) is 23.7 Å². The highest BCUT2D eigenvalue weighted by molar-refractivity contribution is 6.04. The van der Waals surface area contributed by atoms with Gasteiger partial charge >= 0.3 is 5.97 Å². The van der Waals surface area contributed by atoms with Crippen molar-refractivity contribution in [3.8, 4) is 0 Å². The van der Waals surface area contributed by atoms with Gasteiger partial charge in [-0.25, -0.2) is 4.79 Å². The van der Waals surface area contributed by atoms with Crippen LogP contribution in [-0.2, 0) is 6.42 Å². The lowest BCUT2D eigenvalue weighted by Crippen LogP contribution is -2.43. The molecule has 3 fully saturated rings. The Kier molecular flexibility index (Phi) is 5.59. The number of rotatable bonds is 6. The molecule has 5 unspecified atom stereocenters. The zero-order valence-corrected chi connectivity index (χ0v) is 17.7. The van der Waals surface area contributed by atoms with E-state index in [0.29, 0.717) is 17.4 Å². The summed E-state index contributed by atoms with van der Waals surface area (Å²) in [5, 5.41) is 21.3. The van der Waals surface area contributed by atoms with Gasteiger partial charge in [-0.05, 0) is 87.1 Å². The smallest absolute Gasteiger partial charge is 0.336 e. The minimum absolute atomic E-state index is 0.0799. The SMILES string of the molecule is O=C(O)c1cccc2[nH]cc(CCCCN3CCC4C(C3)C(O)C3CCCCC34)c12. The van der Waals surface area contributed by atoms with Gasteiger partial charge in [0, 0.05) is 29.6 Å². The van der Waals surface area contributed by atoms with Crippen molar-refractivity contribution >= 4 is 16.9 Å². The first-order chi connectivity index (χ1) is 14.6. The van der Waals surface area contributed by atoms with Crippen LogP contribution in [-0.4, -0.2) is 51.8 Å². The number of aryl methyl sites for hydroxylation is 1. The summed E-state index contributed by atoms with van der Waals surface area (Å²) in [6, 6.07) is 5.43. The molecule has 2 aromatic rings. The van der Waals surface area contributed by atoms with E-state index in [1.54, 1.807) is 12.1 Å². The minimum Gasteiger partial charge on any atom is -0.478 e. The summed E-state index contributed by atoms with van der Waals surface area (Å²) in [5.74, 6) is 1.73. The molecule has 5 rings (SSSR count). The number of nitrogens with one attached hydrogen (secondary N) is 1. The monoisotopic (exact) mass is 410 g/mol. The fourth-order valence-electron chi connectivity index (χ4n) is 6.91. The number of aromatic amines is 1. The molecule has 0 radical (unpaired) electrons. The van der Waals surface area contributed by atoms with Gasteiger partial charge < -0.3 is 20.1 Å². The molecular formula is C25H34N2O3. The second-order valence-corrected chi connectivity index (χ2v) is 9.82. The van der Waals surface area contributed by atoms with Crippen molar-refractivity contribution in [2.24, 2.45) is 23.7 Å². The minimum atomic E-state index is -0.861. The van der Waals surface area contributed by atoms with Crippen molar-refractivity contribution in [1.82, 2.24) is 9.88 Å². The first kappa shape index (κ1) is 20.1. The Morgan fingerprint density at radius 1 is 1.07 bits per heavy atom. The predicted octanol–water partition coefficient (Wildman–Crippen LogP) is 4.31. The third-order valence-electron chi connectivity index (χ3n) is 8.29. The Labute approximate surface area is 178 Å². The fourth-order valence-corrected chi connectivity index (χ4v) is 6.91. The summed E-state index contributed by atoms with van der Waals surface area (Å²) in [5.41, 5.74) is 2.41. The molecular weight excluding hydrogens is 376 g/mol. The van der Waals surface area contributed by atoms with Gasteiger partial charge in [0.15, 0.2) is 0 Å². The third kappa shape index (κ3) is 3.56. The summed E-state index contributed by atoms with van der Waals surface area (Å²) in [6.45, 7) is 3.32. The second-order valence-electron chi connectivity index (χ2n) is 9.82. The van der Waals surface area contributed by atoms with E-state index in [-0.39, 0.29) is 6.10 Å². The molecule has 0 bridgehead atoms. The van der Waals surface area contributed by atoms with Crippen LogP contribution in [0.2, 0.25) is 0 Å². The summed E-state index contributed by atoms with van der Waals surface area (Å²) in [7, 11) is 0. The lowest BCUT2D eigenvalue weighted by molar-refractivity contribution is 0.0364. The molecule has 2 saturated carbocycles. The van der Waals surface area contributed by atoms with Crippen LogP contribution in [0.4, 0.5) is 0 Å². The first-order valence-electron chi connectivity index (χ1n) is 11.9. The molecule has 3 aliphatic rings. The maximum Gasteiger partial charge on any atom is 0.336 e. The summed E-state index contributed by atoms with van der Waals surface area (Å²) in [4.78, 5) is 17.4. The number of H-pyrrole nitrogens is 1. The van der Waals surface area contributed by atoms with E-state index < -0.39 is 5.97 Å². The topological polar surface area (TPSA) is 76.6 Å². The quantitative estimate of drug-likeness (QED) is 0.620. The molecule has 2 aliphatic carbocycles. The molecule has 2 heterocycles. The number of hydrogen-bond acceptors (Lipinski definition) is 3. The molecule has 30 heavy (non-hydrogen) atoms. The van der Waals surface area contributed by atoms with E-state index in [4.69, 9.17) is 0 Å². The number of aromatic nitrogens is 1. The number of carbonyl (C=O) groups is 1. The number of piperidine rings is 1. The number of hydrogen-bond donors (Lipinski definition) is 3. The molecule has 1 aromatic carbocycles. The van der Waals surface area contributed by atoms with Crippen molar-refractivity contribution in [3.05, 3.63) is 35.5 Å². The molecule has 1 aliphatic heterocycles. The van der Waals surface area contributed by atoms with Crippen LogP contribution >= 0.6 is 0 Å². The number of aromatic carboxylic acids is 1. The van der Waals surface area contributed by atoms with Gasteiger partial charge in [-0.1, -0.05) is 18.9 Å². The molecule has 0 spiro atoms. The Balaban J connectivity index is 1.15. The number of aliphatic hydroxyl groups is 1. The highest BCUT2D eigenvalue weighted by atomic mass is 16.4. The van der Waals surface area contributed by atoms with Gasteiger partial charge in [-0.3, -0.25) is 0 Å². The standard InChI is InChI=1S/C25H34N2O3/c28-24-19-8-2-1-7-17(19)18-11-13-27(15-21(18)24)12-4-3-6-16-14-26-22-10-5-9-20(23(16)22)25(29)30/h5,9-10,14,17-19,21,24,26,28H,1-4,6-8,11-13,15H2,(H,29,30). The van der Waals surface area contributed by atoms with Crippen molar-refractivity contribution < 1.29 is 15.0 Å². The van der Waals surface area contributed by atoms with Crippen molar-refractivity contribution in [2.45, 2.75) is 57.5 Å². The van der Waals surface area contributed by atoms with Crippen LogP contribution in [0.1, 0.15) is 60.9 Å². The molecule has 5 atom stereocenters. The van der Waals surface area contributed by atoms with Crippen molar-refractivity contribution in [1.29, 1.82) is 0 Å². The van der Waals surface area contributed by atoms with E-state index in [1.807, 2.05) is 12.3 Å². The number of aliphatic hydroxyl groups excluding tert-OH is 1. The number of unbranched alkanes of at least 4 members (excludes halogenated alkanes) is 1. The predicted molar refractivity (Wildman–Crippen MR) is 118 cm³/mol. The van der Waals surface area contributed by atoms with E-state index >= 15 is 0 Å². The fraction of sp³-hybridized carbons (Fsp3) is 0.640. The maximum atomic E-state index is 11.6. The number of carboxylic acids is 1. The van der Waals surface area contributed by atoms with Gasteiger partial charge in [0.25, 0.3) is 0 Å². The molecule has 1 aromatic heterocycles. The average Bonchev–Trinajstić information content (AvgIpc) is 3.30. The van der Waals surface area contributed by atoms with E-state index in [0.717, 1.165) is 60.7 Å². The number of likely N-dealkylation sites (tertiary alicyclic amines) is 1. The lowest BCUT2D eigenvalue weighted by Gasteiger charge is -2.38. The zero-order valence-electron chi connectivity index (χ0n) is 17.7. The second kappa shape index (κ2) is 8.35. The van der Waals surface area contributed by atoms with Gasteiger partial charge in [-0.2, -0.15) is 0 Å².